The molecule has 1 aliphatic heterocycles. The molecule has 1 rings (SSSR count). The van der Waals surface area contributed by atoms with Crippen LogP contribution in [-0.4, -0.2) is 66.1 Å². The van der Waals surface area contributed by atoms with Gasteiger partial charge < -0.3 is 14.5 Å². The van der Waals surface area contributed by atoms with Gasteiger partial charge >= 0.3 is 6.09 Å². The lowest BCUT2D eigenvalue weighted by Crippen LogP contribution is -2.51. The Hall–Kier alpha value is -0.910. The third kappa shape index (κ3) is 4.40. The van der Waals surface area contributed by atoms with Crippen molar-refractivity contribution < 1.29 is 9.53 Å². The van der Waals surface area contributed by atoms with Gasteiger partial charge in [0.15, 0.2) is 5.17 Å². The molecule has 104 valence electrons. The molecule has 0 aromatic heterocycles. The molecule has 18 heavy (non-hydrogen) atoms. The van der Waals surface area contributed by atoms with Gasteiger partial charge in [0, 0.05) is 33.2 Å². The number of thioether (sulfide) groups is 1. The Bertz CT molecular complexity index is 318. The molecule has 0 atom stereocenters. The minimum Gasteiger partial charge on any atom is -0.444 e. The first-order valence-electron chi connectivity index (χ1n) is 6.11. The van der Waals surface area contributed by atoms with E-state index in [1.165, 1.54) is 0 Å². The second-order valence-electron chi connectivity index (χ2n) is 5.16. The van der Waals surface area contributed by atoms with E-state index in [1.807, 2.05) is 27.0 Å². The maximum atomic E-state index is 11.9. The summed E-state index contributed by atoms with van der Waals surface area (Å²) in [5, 5.41) is 1.03. The molecule has 0 aromatic rings. The fourth-order valence-corrected chi connectivity index (χ4v) is 2.39. The van der Waals surface area contributed by atoms with Crippen LogP contribution >= 0.6 is 11.8 Å². The van der Waals surface area contributed by atoms with Crippen molar-refractivity contribution in [3.05, 3.63) is 0 Å². The topological polar surface area (TPSA) is 45.1 Å². The maximum Gasteiger partial charge on any atom is 0.410 e. The lowest BCUT2D eigenvalue weighted by atomic mass is 10.2. The number of amidine groups is 1. The average molecular weight is 273 g/mol. The standard InChI is InChI=1S/C12H23N3O2S/c1-12(2,3)17-11(16)15-8-6-14(7-9-15)10(13-4)18-5/h6-9H2,1-5H3. The van der Waals surface area contributed by atoms with Gasteiger partial charge in [-0.1, -0.05) is 11.8 Å². The fourth-order valence-electron chi connectivity index (χ4n) is 1.77. The second-order valence-corrected chi connectivity index (χ2v) is 5.94. The summed E-state index contributed by atoms with van der Waals surface area (Å²) in [4.78, 5) is 20.1. The lowest BCUT2D eigenvalue weighted by Gasteiger charge is -2.36. The highest BCUT2D eigenvalue weighted by molar-refractivity contribution is 8.13. The maximum absolute atomic E-state index is 11.9. The SMILES string of the molecule is CN=C(SC)N1CCN(C(=O)OC(C)(C)C)CC1. The zero-order valence-corrected chi connectivity index (χ0v) is 12.7. The van der Waals surface area contributed by atoms with E-state index in [1.54, 1.807) is 23.7 Å². The third-order valence-electron chi connectivity index (χ3n) is 2.58. The molecular formula is C12H23N3O2S. The Balaban J connectivity index is 2.47. The second kappa shape index (κ2) is 6.31. The Morgan fingerprint density at radius 2 is 1.67 bits per heavy atom. The lowest BCUT2D eigenvalue weighted by molar-refractivity contribution is 0.0188. The van der Waals surface area contributed by atoms with Crippen molar-refractivity contribution in [2.75, 3.05) is 39.5 Å². The van der Waals surface area contributed by atoms with Crippen LogP contribution in [0.1, 0.15) is 20.8 Å². The highest BCUT2D eigenvalue weighted by Crippen LogP contribution is 2.13. The van der Waals surface area contributed by atoms with Gasteiger partial charge in [-0.25, -0.2) is 4.79 Å². The molecule has 0 spiro atoms. The number of aliphatic imine (C=N–C) groups is 1. The largest absolute Gasteiger partial charge is 0.444 e. The Morgan fingerprint density at radius 1 is 1.17 bits per heavy atom. The first-order valence-corrected chi connectivity index (χ1v) is 7.33. The molecule has 5 nitrogen and oxygen atoms in total. The number of carbonyl (C=O) groups excluding carboxylic acids is 1. The van der Waals surface area contributed by atoms with Crippen LogP contribution in [0.3, 0.4) is 0 Å². The predicted molar refractivity (Wildman–Crippen MR) is 76.3 cm³/mol. The summed E-state index contributed by atoms with van der Waals surface area (Å²) in [5.74, 6) is 0. The molecule has 1 fully saturated rings. The molecule has 1 heterocycles. The quantitative estimate of drug-likeness (QED) is 0.499. The van der Waals surface area contributed by atoms with Crippen LogP contribution in [0.5, 0.6) is 0 Å². The van der Waals surface area contributed by atoms with Gasteiger partial charge in [-0.05, 0) is 27.0 Å². The fraction of sp³-hybridized carbons (Fsp3) is 0.833. The Kier molecular flexibility index (Phi) is 5.31. The Labute approximate surface area is 114 Å². The van der Waals surface area contributed by atoms with E-state index in [0.29, 0.717) is 13.1 Å². The summed E-state index contributed by atoms with van der Waals surface area (Å²) in [6, 6.07) is 0. The number of carbonyl (C=O) groups is 1. The van der Waals surface area contributed by atoms with Crippen LogP contribution in [-0.2, 0) is 4.74 Å². The zero-order valence-electron chi connectivity index (χ0n) is 11.9. The van der Waals surface area contributed by atoms with Gasteiger partial charge in [0.05, 0.1) is 0 Å². The monoisotopic (exact) mass is 273 g/mol. The molecule has 0 unspecified atom stereocenters. The molecule has 0 radical (unpaired) electrons. The normalized spacial score (nSPS) is 17.9. The van der Waals surface area contributed by atoms with Crippen molar-refractivity contribution in [1.29, 1.82) is 0 Å². The van der Waals surface area contributed by atoms with E-state index < -0.39 is 5.60 Å². The summed E-state index contributed by atoms with van der Waals surface area (Å²) in [5.41, 5.74) is -0.427. The molecule has 1 saturated heterocycles. The van der Waals surface area contributed by atoms with E-state index in [9.17, 15) is 4.79 Å². The smallest absolute Gasteiger partial charge is 0.410 e. The van der Waals surface area contributed by atoms with Crippen LogP contribution in [0.2, 0.25) is 0 Å². The zero-order chi connectivity index (χ0) is 13.8. The van der Waals surface area contributed by atoms with Crippen LogP contribution in [0, 0.1) is 0 Å². The van der Waals surface area contributed by atoms with Gasteiger partial charge in [-0.15, -0.1) is 0 Å². The van der Waals surface area contributed by atoms with Crippen molar-refractivity contribution in [1.82, 2.24) is 9.80 Å². The molecule has 0 N–H and O–H groups in total. The van der Waals surface area contributed by atoms with Gasteiger partial charge in [-0.2, -0.15) is 0 Å². The summed E-state index contributed by atoms with van der Waals surface area (Å²) >= 11 is 1.64. The van der Waals surface area contributed by atoms with Crippen molar-refractivity contribution >= 4 is 23.0 Å². The first kappa shape index (κ1) is 15.1. The van der Waals surface area contributed by atoms with E-state index in [0.717, 1.165) is 18.3 Å². The first-order chi connectivity index (χ1) is 8.37. The third-order valence-corrected chi connectivity index (χ3v) is 3.38. The number of hydrogen-bond donors (Lipinski definition) is 0. The minimum absolute atomic E-state index is 0.221. The van der Waals surface area contributed by atoms with Gasteiger partial charge in [0.1, 0.15) is 5.60 Å². The molecule has 6 heteroatoms. The number of rotatable bonds is 0. The van der Waals surface area contributed by atoms with Crippen molar-refractivity contribution in [2.45, 2.75) is 26.4 Å². The number of nitrogens with zero attached hydrogens (tertiary/aromatic N) is 3. The summed E-state index contributed by atoms with van der Waals surface area (Å²) in [6.45, 7) is 8.66. The van der Waals surface area contributed by atoms with Gasteiger partial charge in [0.25, 0.3) is 0 Å². The van der Waals surface area contributed by atoms with E-state index in [4.69, 9.17) is 4.74 Å². The van der Waals surface area contributed by atoms with Crippen LogP contribution in [0.4, 0.5) is 4.79 Å². The average Bonchev–Trinajstić information content (AvgIpc) is 2.29. The molecule has 0 saturated carbocycles. The van der Waals surface area contributed by atoms with Crippen molar-refractivity contribution in [3.63, 3.8) is 0 Å². The predicted octanol–water partition coefficient (Wildman–Crippen LogP) is 1.89. The highest BCUT2D eigenvalue weighted by atomic mass is 32.2. The van der Waals surface area contributed by atoms with E-state index >= 15 is 0 Å². The van der Waals surface area contributed by atoms with Crippen LogP contribution < -0.4 is 0 Å². The highest BCUT2D eigenvalue weighted by Gasteiger charge is 2.26. The van der Waals surface area contributed by atoms with Gasteiger partial charge in [-0.3, -0.25) is 4.99 Å². The van der Waals surface area contributed by atoms with Crippen molar-refractivity contribution in [2.24, 2.45) is 4.99 Å². The minimum atomic E-state index is -0.427. The molecule has 1 aliphatic rings. The molecule has 0 bridgehead atoms. The number of hydrogen-bond acceptors (Lipinski definition) is 4. The molecule has 1 amide bonds. The van der Waals surface area contributed by atoms with E-state index in [-0.39, 0.29) is 6.09 Å². The van der Waals surface area contributed by atoms with E-state index in [2.05, 4.69) is 9.89 Å². The molecule has 0 aliphatic carbocycles. The van der Waals surface area contributed by atoms with Gasteiger partial charge in [0.2, 0.25) is 0 Å². The number of amides is 1. The number of ether oxygens (including phenoxy) is 1. The van der Waals surface area contributed by atoms with Crippen molar-refractivity contribution in [3.8, 4) is 0 Å². The molecule has 0 aromatic carbocycles. The van der Waals surface area contributed by atoms with Crippen LogP contribution in [0.25, 0.3) is 0 Å². The molecular weight excluding hydrogens is 250 g/mol. The summed E-state index contributed by atoms with van der Waals surface area (Å²) in [6.07, 6.45) is 1.80. The summed E-state index contributed by atoms with van der Waals surface area (Å²) < 4.78 is 5.36. The Morgan fingerprint density at radius 3 is 2.06 bits per heavy atom. The number of piperazine rings is 1. The summed E-state index contributed by atoms with van der Waals surface area (Å²) in [7, 11) is 1.80. The van der Waals surface area contributed by atoms with Crippen LogP contribution in [0.15, 0.2) is 4.99 Å².